The molecule has 2 rings (SSSR count). The summed E-state index contributed by atoms with van der Waals surface area (Å²) in [4.78, 5) is 0. The van der Waals surface area contributed by atoms with Crippen molar-refractivity contribution in [1.82, 2.24) is 9.78 Å². The molecule has 0 aliphatic rings. The SMILES string of the molecule is CCCn1nccc1C(N)c1cc(C)ccc1OC. The second-order valence-electron chi connectivity index (χ2n) is 4.70. The molecule has 2 aromatic rings. The van der Waals surface area contributed by atoms with Crippen LogP contribution in [0.4, 0.5) is 0 Å². The fourth-order valence-electron chi connectivity index (χ4n) is 2.26. The Morgan fingerprint density at radius 3 is 2.84 bits per heavy atom. The first-order valence-corrected chi connectivity index (χ1v) is 6.59. The lowest BCUT2D eigenvalue weighted by Gasteiger charge is -2.17. The molecule has 1 unspecified atom stereocenters. The summed E-state index contributed by atoms with van der Waals surface area (Å²) in [6, 6.07) is 7.82. The molecule has 0 spiro atoms. The average Bonchev–Trinajstić information content (AvgIpc) is 2.86. The van der Waals surface area contributed by atoms with E-state index in [0.29, 0.717) is 0 Å². The van der Waals surface area contributed by atoms with Crippen LogP contribution in [-0.2, 0) is 6.54 Å². The minimum Gasteiger partial charge on any atom is -0.496 e. The number of hydrogen-bond acceptors (Lipinski definition) is 3. The highest BCUT2D eigenvalue weighted by Gasteiger charge is 2.17. The Bertz CT molecular complexity index is 548. The van der Waals surface area contributed by atoms with Crippen LogP contribution in [0.25, 0.3) is 0 Å². The predicted octanol–water partition coefficient (Wildman–Crippen LogP) is 2.66. The van der Waals surface area contributed by atoms with E-state index in [1.165, 1.54) is 5.56 Å². The second-order valence-corrected chi connectivity index (χ2v) is 4.70. The molecule has 4 heteroatoms. The molecule has 102 valence electrons. The van der Waals surface area contributed by atoms with Crippen molar-refractivity contribution in [1.29, 1.82) is 0 Å². The zero-order valence-corrected chi connectivity index (χ0v) is 11.8. The van der Waals surface area contributed by atoms with Gasteiger partial charge in [0.15, 0.2) is 0 Å². The number of rotatable bonds is 5. The van der Waals surface area contributed by atoms with Gasteiger partial charge in [-0.3, -0.25) is 4.68 Å². The van der Waals surface area contributed by atoms with Crippen LogP contribution in [0.15, 0.2) is 30.5 Å². The molecule has 0 aliphatic carbocycles. The Morgan fingerprint density at radius 2 is 2.16 bits per heavy atom. The van der Waals surface area contributed by atoms with Crippen LogP contribution in [0, 0.1) is 6.92 Å². The van der Waals surface area contributed by atoms with Crippen LogP contribution < -0.4 is 10.5 Å². The van der Waals surface area contributed by atoms with Crippen LogP contribution in [0.2, 0.25) is 0 Å². The molecule has 1 aromatic heterocycles. The highest BCUT2D eigenvalue weighted by atomic mass is 16.5. The van der Waals surface area contributed by atoms with E-state index < -0.39 is 0 Å². The summed E-state index contributed by atoms with van der Waals surface area (Å²) >= 11 is 0. The largest absolute Gasteiger partial charge is 0.496 e. The lowest BCUT2D eigenvalue weighted by molar-refractivity contribution is 0.406. The van der Waals surface area contributed by atoms with Crippen LogP contribution in [0.5, 0.6) is 5.75 Å². The third kappa shape index (κ3) is 2.79. The smallest absolute Gasteiger partial charge is 0.124 e. The highest BCUT2D eigenvalue weighted by Crippen LogP contribution is 2.29. The van der Waals surface area contributed by atoms with Gasteiger partial charge < -0.3 is 10.5 Å². The second kappa shape index (κ2) is 5.89. The van der Waals surface area contributed by atoms with E-state index in [0.717, 1.165) is 30.0 Å². The van der Waals surface area contributed by atoms with Gasteiger partial charge in [-0.1, -0.05) is 24.6 Å². The molecule has 0 fully saturated rings. The molecule has 1 aromatic carbocycles. The quantitative estimate of drug-likeness (QED) is 0.898. The van der Waals surface area contributed by atoms with Gasteiger partial charge in [0.05, 0.1) is 18.8 Å². The monoisotopic (exact) mass is 259 g/mol. The van der Waals surface area contributed by atoms with Gasteiger partial charge >= 0.3 is 0 Å². The number of nitrogens with zero attached hydrogens (tertiary/aromatic N) is 2. The minimum atomic E-state index is -0.219. The van der Waals surface area contributed by atoms with Gasteiger partial charge in [0.1, 0.15) is 5.75 Å². The summed E-state index contributed by atoms with van der Waals surface area (Å²) in [5, 5.41) is 4.33. The molecule has 0 saturated heterocycles. The Labute approximate surface area is 114 Å². The number of benzene rings is 1. The van der Waals surface area contributed by atoms with Crippen molar-refractivity contribution in [2.24, 2.45) is 5.73 Å². The van der Waals surface area contributed by atoms with Crippen molar-refractivity contribution in [2.75, 3.05) is 7.11 Å². The fourth-order valence-corrected chi connectivity index (χ4v) is 2.26. The van der Waals surface area contributed by atoms with E-state index in [1.807, 2.05) is 22.9 Å². The van der Waals surface area contributed by atoms with E-state index in [2.05, 4.69) is 25.0 Å². The van der Waals surface area contributed by atoms with Crippen LogP contribution in [0.1, 0.15) is 36.2 Å². The van der Waals surface area contributed by atoms with Gasteiger partial charge in [-0.15, -0.1) is 0 Å². The van der Waals surface area contributed by atoms with Crippen molar-refractivity contribution >= 4 is 0 Å². The van der Waals surface area contributed by atoms with Crippen LogP contribution in [-0.4, -0.2) is 16.9 Å². The van der Waals surface area contributed by atoms with Gasteiger partial charge in [-0.05, 0) is 25.5 Å². The molecule has 0 aliphatic heterocycles. The Hall–Kier alpha value is -1.81. The normalized spacial score (nSPS) is 12.4. The molecule has 2 N–H and O–H groups in total. The van der Waals surface area contributed by atoms with E-state index in [9.17, 15) is 0 Å². The van der Waals surface area contributed by atoms with Gasteiger partial charge in [0, 0.05) is 18.3 Å². The molecule has 0 amide bonds. The van der Waals surface area contributed by atoms with E-state index in [-0.39, 0.29) is 6.04 Å². The Kier molecular flexibility index (Phi) is 4.22. The number of aryl methyl sites for hydroxylation is 2. The zero-order chi connectivity index (χ0) is 13.8. The summed E-state index contributed by atoms with van der Waals surface area (Å²) in [5.74, 6) is 0.822. The molecule has 1 heterocycles. The number of methoxy groups -OCH3 is 1. The van der Waals surface area contributed by atoms with Crippen molar-refractivity contribution in [2.45, 2.75) is 32.9 Å². The summed E-state index contributed by atoms with van der Waals surface area (Å²) in [5.41, 5.74) is 9.59. The van der Waals surface area contributed by atoms with Crippen molar-refractivity contribution < 1.29 is 4.74 Å². The average molecular weight is 259 g/mol. The van der Waals surface area contributed by atoms with Gasteiger partial charge in [-0.25, -0.2) is 0 Å². The van der Waals surface area contributed by atoms with E-state index in [1.54, 1.807) is 13.3 Å². The Morgan fingerprint density at radius 1 is 1.37 bits per heavy atom. The maximum absolute atomic E-state index is 6.40. The van der Waals surface area contributed by atoms with Gasteiger partial charge in [0.25, 0.3) is 0 Å². The van der Waals surface area contributed by atoms with Crippen molar-refractivity contribution in [3.05, 3.63) is 47.3 Å². The van der Waals surface area contributed by atoms with E-state index in [4.69, 9.17) is 10.5 Å². The van der Waals surface area contributed by atoms with Crippen LogP contribution in [0.3, 0.4) is 0 Å². The number of nitrogens with two attached hydrogens (primary N) is 1. The molecule has 0 saturated carbocycles. The molecule has 4 nitrogen and oxygen atoms in total. The van der Waals surface area contributed by atoms with Gasteiger partial charge in [-0.2, -0.15) is 5.10 Å². The van der Waals surface area contributed by atoms with Crippen molar-refractivity contribution in [3.8, 4) is 5.75 Å². The summed E-state index contributed by atoms with van der Waals surface area (Å²) in [7, 11) is 1.67. The molecule has 1 atom stereocenters. The molecule has 19 heavy (non-hydrogen) atoms. The number of aromatic nitrogens is 2. The maximum atomic E-state index is 6.40. The van der Waals surface area contributed by atoms with Crippen LogP contribution >= 0.6 is 0 Å². The topological polar surface area (TPSA) is 53.1 Å². The zero-order valence-electron chi connectivity index (χ0n) is 11.8. The molecule has 0 radical (unpaired) electrons. The van der Waals surface area contributed by atoms with Crippen molar-refractivity contribution in [3.63, 3.8) is 0 Å². The lowest BCUT2D eigenvalue weighted by Crippen LogP contribution is -2.18. The molecular formula is C15H21N3O. The first kappa shape index (κ1) is 13.6. The molecular weight excluding hydrogens is 238 g/mol. The minimum absolute atomic E-state index is 0.219. The lowest BCUT2D eigenvalue weighted by atomic mass is 10.0. The number of ether oxygens (including phenoxy) is 1. The fraction of sp³-hybridized carbons (Fsp3) is 0.400. The third-order valence-electron chi connectivity index (χ3n) is 3.22. The predicted molar refractivity (Wildman–Crippen MR) is 76.3 cm³/mol. The first-order valence-electron chi connectivity index (χ1n) is 6.59. The summed E-state index contributed by atoms with van der Waals surface area (Å²) < 4.78 is 7.37. The highest BCUT2D eigenvalue weighted by molar-refractivity contribution is 5.42. The maximum Gasteiger partial charge on any atom is 0.124 e. The third-order valence-corrected chi connectivity index (χ3v) is 3.22. The van der Waals surface area contributed by atoms with E-state index >= 15 is 0 Å². The molecule has 0 bridgehead atoms. The Balaban J connectivity index is 2.40. The number of hydrogen-bond donors (Lipinski definition) is 1. The van der Waals surface area contributed by atoms with Gasteiger partial charge in [0.2, 0.25) is 0 Å². The first-order chi connectivity index (χ1) is 9.17. The standard InChI is InChI=1S/C15H21N3O/c1-4-9-18-13(7-8-17-18)15(16)12-10-11(2)5-6-14(12)19-3/h5-8,10,15H,4,9,16H2,1-3H3. The summed E-state index contributed by atoms with van der Waals surface area (Å²) in [6.45, 7) is 5.06. The summed E-state index contributed by atoms with van der Waals surface area (Å²) in [6.07, 6.45) is 2.83.